The molecule has 19 heavy (non-hydrogen) atoms. The maximum atomic E-state index is 10.5. The highest BCUT2D eigenvalue weighted by Gasteiger charge is 2.22. The van der Waals surface area contributed by atoms with E-state index in [1.807, 2.05) is 31.2 Å². The molecule has 0 saturated carbocycles. The van der Waals surface area contributed by atoms with Gasteiger partial charge in [-0.1, -0.05) is 29.8 Å². The summed E-state index contributed by atoms with van der Waals surface area (Å²) in [5.41, 5.74) is 8.50. The molecule has 0 fully saturated rings. The van der Waals surface area contributed by atoms with Gasteiger partial charge in [0.05, 0.1) is 6.10 Å². The van der Waals surface area contributed by atoms with Crippen molar-refractivity contribution in [1.29, 1.82) is 0 Å². The minimum absolute atomic E-state index is 0.172. The number of aryl methyl sites for hydroxylation is 1. The molecule has 2 atom stereocenters. The number of hydrogen-bond acceptors (Lipinski definition) is 3. The molecular formula is C15H17ClN2O. The van der Waals surface area contributed by atoms with Crippen LogP contribution in [0.3, 0.4) is 0 Å². The van der Waals surface area contributed by atoms with Crippen LogP contribution in [0.2, 0.25) is 5.02 Å². The summed E-state index contributed by atoms with van der Waals surface area (Å²) in [5.74, 6) is -0.172. The standard InChI is InChI=1S/C15H17ClN2O/c1-10-7-11(4-5-14(10)16)15(19)13(8-17)12-3-2-6-18-9-12/h2-7,9,13,15,19H,8,17H2,1H3. The zero-order chi connectivity index (χ0) is 13.8. The van der Waals surface area contributed by atoms with Gasteiger partial charge in [0.1, 0.15) is 0 Å². The number of hydrogen-bond donors (Lipinski definition) is 2. The third-order valence-corrected chi connectivity index (χ3v) is 3.70. The van der Waals surface area contributed by atoms with Crippen LogP contribution in [0.4, 0.5) is 0 Å². The molecule has 1 aromatic heterocycles. The third kappa shape index (κ3) is 3.13. The van der Waals surface area contributed by atoms with Crippen molar-refractivity contribution in [2.45, 2.75) is 18.9 Å². The molecule has 100 valence electrons. The first-order valence-electron chi connectivity index (χ1n) is 6.17. The third-order valence-electron chi connectivity index (χ3n) is 3.27. The van der Waals surface area contributed by atoms with E-state index in [1.54, 1.807) is 18.5 Å². The monoisotopic (exact) mass is 276 g/mol. The molecule has 0 bridgehead atoms. The van der Waals surface area contributed by atoms with Crippen LogP contribution in [0.15, 0.2) is 42.7 Å². The van der Waals surface area contributed by atoms with Crippen LogP contribution in [0.25, 0.3) is 0 Å². The minimum Gasteiger partial charge on any atom is -0.388 e. The van der Waals surface area contributed by atoms with Crippen molar-refractivity contribution < 1.29 is 5.11 Å². The Morgan fingerprint density at radius 3 is 2.68 bits per heavy atom. The summed E-state index contributed by atoms with van der Waals surface area (Å²) in [5, 5.41) is 11.2. The summed E-state index contributed by atoms with van der Waals surface area (Å²) in [7, 11) is 0. The molecule has 0 aliphatic heterocycles. The first kappa shape index (κ1) is 14.0. The Balaban J connectivity index is 2.30. The topological polar surface area (TPSA) is 59.1 Å². The number of aliphatic hydroxyl groups is 1. The van der Waals surface area contributed by atoms with Crippen molar-refractivity contribution in [3.63, 3.8) is 0 Å². The maximum Gasteiger partial charge on any atom is 0.0871 e. The van der Waals surface area contributed by atoms with Crippen molar-refractivity contribution >= 4 is 11.6 Å². The molecule has 1 aromatic carbocycles. The van der Waals surface area contributed by atoms with Crippen molar-refractivity contribution in [3.8, 4) is 0 Å². The van der Waals surface area contributed by atoms with Crippen LogP contribution in [0.5, 0.6) is 0 Å². The van der Waals surface area contributed by atoms with E-state index in [1.165, 1.54) is 0 Å². The fourth-order valence-corrected chi connectivity index (χ4v) is 2.24. The lowest BCUT2D eigenvalue weighted by Crippen LogP contribution is -2.20. The number of aromatic nitrogens is 1. The summed E-state index contributed by atoms with van der Waals surface area (Å²) in [6.07, 6.45) is 2.78. The van der Waals surface area contributed by atoms with E-state index in [9.17, 15) is 5.11 Å². The average molecular weight is 277 g/mol. The lowest BCUT2D eigenvalue weighted by atomic mass is 9.89. The van der Waals surface area contributed by atoms with Gasteiger partial charge in [-0.05, 0) is 35.7 Å². The molecule has 0 amide bonds. The largest absolute Gasteiger partial charge is 0.388 e. The van der Waals surface area contributed by atoms with E-state index >= 15 is 0 Å². The number of halogens is 1. The SMILES string of the molecule is Cc1cc(C(O)C(CN)c2cccnc2)ccc1Cl. The number of nitrogens with two attached hydrogens (primary N) is 1. The second kappa shape index (κ2) is 6.15. The lowest BCUT2D eigenvalue weighted by molar-refractivity contribution is 0.147. The van der Waals surface area contributed by atoms with Gasteiger partial charge in [-0.25, -0.2) is 0 Å². The quantitative estimate of drug-likeness (QED) is 0.903. The number of nitrogens with zero attached hydrogens (tertiary/aromatic N) is 1. The Bertz CT molecular complexity index is 545. The highest BCUT2D eigenvalue weighted by molar-refractivity contribution is 6.31. The molecule has 1 heterocycles. The molecule has 0 aliphatic carbocycles. The first-order chi connectivity index (χ1) is 9.13. The van der Waals surface area contributed by atoms with E-state index in [-0.39, 0.29) is 5.92 Å². The molecule has 3 nitrogen and oxygen atoms in total. The fraction of sp³-hybridized carbons (Fsp3) is 0.267. The maximum absolute atomic E-state index is 10.5. The van der Waals surface area contributed by atoms with Crippen LogP contribution in [0, 0.1) is 6.92 Å². The van der Waals surface area contributed by atoms with E-state index < -0.39 is 6.10 Å². The zero-order valence-electron chi connectivity index (χ0n) is 10.8. The highest BCUT2D eigenvalue weighted by atomic mass is 35.5. The van der Waals surface area contributed by atoms with Gasteiger partial charge >= 0.3 is 0 Å². The predicted molar refractivity (Wildman–Crippen MR) is 77.2 cm³/mol. The lowest BCUT2D eigenvalue weighted by Gasteiger charge is -2.22. The average Bonchev–Trinajstić information content (AvgIpc) is 2.44. The Kier molecular flexibility index (Phi) is 4.53. The molecule has 2 unspecified atom stereocenters. The fourth-order valence-electron chi connectivity index (χ4n) is 2.13. The van der Waals surface area contributed by atoms with Gasteiger partial charge in [-0.3, -0.25) is 4.98 Å². The second-order valence-corrected chi connectivity index (χ2v) is 4.99. The summed E-state index contributed by atoms with van der Waals surface area (Å²) in [4.78, 5) is 4.07. The summed E-state index contributed by atoms with van der Waals surface area (Å²) in [6.45, 7) is 2.27. The second-order valence-electron chi connectivity index (χ2n) is 4.58. The van der Waals surface area contributed by atoms with Gasteiger partial charge in [0.25, 0.3) is 0 Å². The smallest absolute Gasteiger partial charge is 0.0871 e. The van der Waals surface area contributed by atoms with Crippen molar-refractivity contribution in [1.82, 2.24) is 4.98 Å². The van der Waals surface area contributed by atoms with E-state index in [0.29, 0.717) is 11.6 Å². The van der Waals surface area contributed by atoms with Crippen LogP contribution in [0.1, 0.15) is 28.7 Å². The summed E-state index contributed by atoms with van der Waals surface area (Å²) in [6, 6.07) is 9.30. The Morgan fingerprint density at radius 2 is 2.11 bits per heavy atom. The zero-order valence-corrected chi connectivity index (χ0v) is 11.5. The normalized spacial score (nSPS) is 14.1. The highest BCUT2D eigenvalue weighted by Crippen LogP contribution is 2.31. The van der Waals surface area contributed by atoms with E-state index in [4.69, 9.17) is 17.3 Å². The molecule has 3 N–H and O–H groups in total. The van der Waals surface area contributed by atoms with Gasteiger partial charge in [0.15, 0.2) is 0 Å². The summed E-state index contributed by atoms with van der Waals surface area (Å²) < 4.78 is 0. The molecule has 0 spiro atoms. The van der Waals surface area contributed by atoms with E-state index in [2.05, 4.69) is 4.98 Å². The number of rotatable bonds is 4. The van der Waals surface area contributed by atoms with Gasteiger partial charge in [0.2, 0.25) is 0 Å². The Hall–Kier alpha value is -1.42. The van der Waals surface area contributed by atoms with Crippen LogP contribution >= 0.6 is 11.6 Å². The molecule has 0 aliphatic rings. The van der Waals surface area contributed by atoms with Crippen LogP contribution in [-0.4, -0.2) is 16.6 Å². The Labute approximate surface area is 118 Å². The van der Waals surface area contributed by atoms with Crippen molar-refractivity contribution in [2.24, 2.45) is 5.73 Å². The number of aliphatic hydroxyl groups excluding tert-OH is 1. The van der Waals surface area contributed by atoms with E-state index in [0.717, 1.165) is 16.7 Å². The summed E-state index contributed by atoms with van der Waals surface area (Å²) >= 11 is 6.00. The molecule has 2 rings (SSSR count). The molecular weight excluding hydrogens is 260 g/mol. The first-order valence-corrected chi connectivity index (χ1v) is 6.55. The van der Waals surface area contributed by atoms with Gasteiger partial charge in [0, 0.05) is 29.9 Å². The van der Waals surface area contributed by atoms with Gasteiger partial charge in [-0.15, -0.1) is 0 Å². The minimum atomic E-state index is -0.662. The molecule has 2 aromatic rings. The number of benzene rings is 1. The van der Waals surface area contributed by atoms with Crippen molar-refractivity contribution in [3.05, 3.63) is 64.4 Å². The van der Waals surface area contributed by atoms with Gasteiger partial charge in [-0.2, -0.15) is 0 Å². The van der Waals surface area contributed by atoms with Crippen LogP contribution in [-0.2, 0) is 0 Å². The Morgan fingerprint density at radius 1 is 1.32 bits per heavy atom. The number of pyridine rings is 1. The van der Waals surface area contributed by atoms with Crippen molar-refractivity contribution in [2.75, 3.05) is 6.54 Å². The molecule has 0 saturated heterocycles. The molecule has 4 heteroatoms. The predicted octanol–water partition coefficient (Wildman–Crippen LogP) is 2.82. The van der Waals surface area contributed by atoms with Gasteiger partial charge < -0.3 is 10.8 Å². The molecule has 0 radical (unpaired) electrons. The van der Waals surface area contributed by atoms with Crippen LogP contribution < -0.4 is 5.73 Å².